The third kappa shape index (κ3) is 2.14. The maximum Gasteiger partial charge on any atom is 0.135 e. The molecular formula is C19H10N2O2. The van der Waals surface area contributed by atoms with Gasteiger partial charge >= 0.3 is 0 Å². The van der Waals surface area contributed by atoms with Crippen molar-refractivity contribution in [3.63, 3.8) is 0 Å². The van der Waals surface area contributed by atoms with Crippen LogP contribution in [0.5, 0.6) is 0 Å². The Morgan fingerprint density at radius 3 is 1.65 bits per heavy atom. The Bertz CT molecular complexity index is 1030. The highest BCUT2D eigenvalue weighted by Crippen LogP contribution is 2.27. The summed E-state index contributed by atoms with van der Waals surface area (Å²) < 4.78 is 11.6. The molecule has 0 bridgehead atoms. The van der Waals surface area contributed by atoms with Crippen LogP contribution in [0, 0.1) is 22.7 Å². The molecule has 0 N–H and O–H groups in total. The lowest BCUT2D eigenvalue weighted by atomic mass is 10.1. The molecule has 108 valence electrons. The normalized spacial score (nSPS) is 10.7. The Morgan fingerprint density at radius 2 is 1.22 bits per heavy atom. The number of benzene rings is 2. The van der Waals surface area contributed by atoms with Crippen LogP contribution in [-0.4, -0.2) is 0 Å². The number of fused-ring (bicyclic) bond motifs is 2. The maximum absolute atomic E-state index is 9.15. The third-order valence-electron chi connectivity index (χ3n) is 3.81. The standard InChI is InChI=1S/C19H10N2O2/c20-10-12-3-1-5-18-16(12)8-14(22-18)7-15-9-17-13(11-21)4-2-6-19(17)23-15/h1-6,8-9H,7H2. The Hall–Kier alpha value is -3.50. The van der Waals surface area contributed by atoms with Gasteiger partial charge in [-0.15, -0.1) is 0 Å². The van der Waals surface area contributed by atoms with E-state index in [4.69, 9.17) is 19.4 Å². The van der Waals surface area contributed by atoms with E-state index in [1.165, 1.54) is 0 Å². The largest absolute Gasteiger partial charge is 0.461 e. The monoisotopic (exact) mass is 298 g/mol. The fourth-order valence-electron chi connectivity index (χ4n) is 2.77. The van der Waals surface area contributed by atoms with Gasteiger partial charge < -0.3 is 8.83 Å². The van der Waals surface area contributed by atoms with Crippen molar-refractivity contribution >= 4 is 21.9 Å². The minimum Gasteiger partial charge on any atom is -0.461 e. The summed E-state index contributed by atoms with van der Waals surface area (Å²) in [5.74, 6) is 1.44. The molecule has 0 saturated carbocycles. The Balaban J connectivity index is 1.77. The zero-order valence-corrected chi connectivity index (χ0v) is 12.0. The maximum atomic E-state index is 9.15. The van der Waals surface area contributed by atoms with Gasteiger partial charge in [0, 0.05) is 10.8 Å². The average molecular weight is 298 g/mol. The number of hydrogen-bond donors (Lipinski definition) is 0. The van der Waals surface area contributed by atoms with Gasteiger partial charge in [0.2, 0.25) is 0 Å². The van der Waals surface area contributed by atoms with E-state index in [9.17, 15) is 0 Å². The fraction of sp³-hybridized carbons (Fsp3) is 0.0526. The Morgan fingerprint density at radius 1 is 0.739 bits per heavy atom. The average Bonchev–Trinajstić information content (AvgIpc) is 3.16. The first-order valence-electron chi connectivity index (χ1n) is 7.11. The van der Waals surface area contributed by atoms with Crippen LogP contribution in [-0.2, 0) is 6.42 Å². The van der Waals surface area contributed by atoms with Crippen molar-refractivity contribution in [1.29, 1.82) is 10.5 Å². The van der Waals surface area contributed by atoms with Crippen LogP contribution in [0.15, 0.2) is 57.4 Å². The molecule has 0 atom stereocenters. The topological polar surface area (TPSA) is 73.9 Å². The summed E-state index contributed by atoms with van der Waals surface area (Å²) in [6, 6.07) is 18.9. The van der Waals surface area contributed by atoms with Gasteiger partial charge in [0.1, 0.15) is 22.7 Å². The molecule has 2 heterocycles. The molecule has 0 fully saturated rings. The molecule has 0 amide bonds. The van der Waals surface area contributed by atoms with E-state index >= 15 is 0 Å². The van der Waals surface area contributed by atoms with E-state index in [0.717, 1.165) is 22.3 Å². The molecule has 2 aromatic heterocycles. The van der Waals surface area contributed by atoms with Gasteiger partial charge in [0.15, 0.2) is 0 Å². The summed E-state index contributed by atoms with van der Waals surface area (Å²) in [6.07, 6.45) is 0.471. The molecular weight excluding hydrogens is 288 g/mol. The quantitative estimate of drug-likeness (QED) is 0.545. The predicted molar refractivity (Wildman–Crippen MR) is 84.7 cm³/mol. The van der Waals surface area contributed by atoms with Gasteiger partial charge in [0.25, 0.3) is 0 Å². The summed E-state index contributed by atoms with van der Waals surface area (Å²) in [5.41, 5.74) is 2.56. The van der Waals surface area contributed by atoms with Crippen molar-refractivity contribution in [3.8, 4) is 12.1 Å². The summed E-state index contributed by atoms with van der Waals surface area (Å²) in [7, 11) is 0. The molecule has 0 spiro atoms. The van der Waals surface area contributed by atoms with Crippen LogP contribution in [0.2, 0.25) is 0 Å². The molecule has 23 heavy (non-hydrogen) atoms. The Kier molecular flexibility index (Phi) is 2.89. The number of rotatable bonds is 2. The first kappa shape index (κ1) is 13.2. The first-order chi connectivity index (χ1) is 11.3. The lowest BCUT2D eigenvalue weighted by Crippen LogP contribution is -1.80. The van der Waals surface area contributed by atoms with E-state index in [2.05, 4.69) is 12.1 Å². The zero-order valence-electron chi connectivity index (χ0n) is 12.0. The number of nitrogens with zero attached hydrogens (tertiary/aromatic N) is 2. The first-order valence-corrected chi connectivity index (χ1v) is 7.11. The summed E-state index contributed by atoms with van der Waals surface area (Å²) in [4.78, 5) is 0. The van der Waals surface area contributed by atoms with Gasteiger partial charge in [0.05, 0.1) is 29.7 Å². The van der Waals surface area contributed by atoms with Gasteiger partial charge in [-0.25, -0.2) is 0 Å². The molecule has 2 aromatic carbocycles. The van der Waals surface area contributed by atoms with Gasteiger partial charge in [-0.2, -0.15) is 10.5 Å². The summed E-state index contributed by atoms with van der Waals surface area (Å²) in [5, 5.41) is 19.9. The molecule has 0 aliphatic heterocycles. The van der Waals surface area contributed by atoms with Crippen molar-refractivity contribution in [2.45, 2.75) is 6.42 Å². The number of furan rings is 2. The smallest absolute Gasteiger partial charge is 0.135 e. The molecule has 4 aromatic rings. The van der Waals surface area contributed by atoms with Crippen molar-refractivity contribution < 1.29 is 8.83 Å². The van der Waals surface area contributed by atoms with Crippen LogP contribution in [0.1, 0.15) is 22.6 Å². The van der Waals surface area contributed by atoms with Crippen LogP contribution >= 0.6 is 0 Å². The molecule has 4 rings (SSSR count). The second-order valence-electron chi connectivity index (χ2n) is 5.26. The second-order valence-corrected chi connectivity index (χ2v) is 5.26. The summed E-state index contributed by atoms with van der Waals surface area (Å²) >= 11 is 0. The minimum absolute atomic E-state index is 0.471. The Labute approximate surface area is 131 Å². The molecule has 4 nitrogen and oxygen atoms in total. The minimum atomic E-state index is 0.471. The van der Waals surface area contributed by atoms with Crippen molar-refractivity contribution in [1.82, 2.24) is 0 Å². The molecule has 0 unspecified atom stereocenters. The highest BCUT2D eigenvalue weighted by Gasteiger charge is 2.12. The third-order valence-corrected chi connectivity index (χ3v) is 3.81. The molecule has 0 aliphatic rings. The SMILES string of the molecule is N#Cc1cccc2oc(Cc3cc4c(C#N)cccc4o3)cc12. The molecule has 4 heteroatoms. The van der Waals surface area contributed by atoms with Crippen LogP contribution in [0.3, 0.4) is 0 Å². The number of hydrogen-bond acceptors (Lipinski definition) is 4. The van der Waals surface area contributed by atoms with Crippen molar-refractivity contribution in [2.24, 2.45) is 0 Å². The zero-order chi connectivity index (χ0) is 15.8. The van der Waals surface area contributed by atoms with Gasteiger partial charge in [-0.05, 0) is 36.4 Å². The van der Waals surface area contributed by atoms with Gasteiger partial charge in [-0.3, -0.25) is 0 Å². The number of nitriles is 2. The van der Waals surface area contributed by atoms with E-state index in [0.29, 0.717) is 28.7 Å². The fourth-order valence-corrected chi connectivity index (χ4v) is 2.77. The van der Waals surface area contributed by atoms with E-state index in [-0.39, 0.29) is 0 Å². The van der Waals surface area contributed by atoms with Crippen molar-refractivity contribution in [2.75, 3.05) is 0 Å². The van der Waals surface area contributed by atoms with Crippen LogP contribution < -0.4 is 0 Å². The molecule has 0 aliphatic carbocycles. The molecule has 0 radical (unpaired) electrons. The van der Waals surface area contributed by atoms with Crippen LogP contribution in [0.4, 0.5) is 0 Å². The predicted octanol–water partition coefficient (Wildman–Crippen LogP) is 4.51. The lowest BCUT2D eigenvalue weighted by molar-refractivity contribution is 0.512. The van der Waals surface area contributed by atoms with E-state index < -0.39 is 0 Å². The van der Waals surface area contributed by atoms with Gasteiger partial charge in [-0.1, -0.05) is 12.1 Å². The second kappa shape index (κ2) is 5.05. The lowest BCUT2D eigenvalue weighted by Gasteiger charge is -1.91. The van der Waals surface area contributed by atoms with Crippen LogP contribution in [0.25, 0.3) is 21.9 Å². The molecule has 0 saturated heterocycles. The summed E-state index contributed by atoms with van der Waals surface area (Å²) in [6.45, 7) is 0. The highest BCUT2D eigenvalue weighted by molar-refractivity contribution is 5.85. The highest BCUT2D eigenvalue weighted by atomic mass is 16.4. The van der Waals surface area contributed by atoms with E-state index in [1.807, 2.05) is 24.3 Å². The van der Waals surface area contributed by atoms with E-state index in [1.54, 1.807) is 24.3 Å². The van der Waals surface area contributed by atoms with Crippen molar-refractivity contribution in [3.05, 3.63) is 71.2 Å².